The van der Waals surface area contributed by atoms with Gasteiger partial charge in [-0.1, -0.05) is 34.9 Å². The van der Waals surface area contributed by atoms with Crippen molar-refractivity contribution in [3.8, 4) is 0 Å². The van der Waals surface area contributed by atoms with Gasteiger partial charge in [0.25, 0.3) is 6.69 Å². The van der Waals surface area contributed by atoms with Gasteiger partial charge in [0.15, 0.2) is 46.5 Å². The predicted octanol–water partition coefficient (Wildman–Crippen LogP) is 14.8. The first-order valence-corrected chi connectivity index (χ1v) is 30.4. The second-order valence-electron chi connectivity index (χ2n) is 8.25. The number of hydrogen-bond acceptors (Lipinski definition) is 0. The summed E-state index contributed by atoms with van der Waals surface area (Å²) >= 11 is 56.9. The predicted molar refractivity (Wildman–Crippen MR) is 193 cm³/mol. The lowest BCUT2D eigenvalue weighted by Crippen LogP contribution is -2.24. The fourth-order valence-electron chi connectivity index (χ4n) is 2.70. The molecule has 47 heavy (non-hydrogen) atoms. The summed E-state index contributed by atoms with van der Waals surface area (Å²) in [6, 6.07) is -3.95. The third-order valence-electron chi connectivity index (χ3n) is 4.91. The highest BCUT2D eigenvalue weighted by molar-refractivity contribution is 7.65. The third kappa shape index (κ3) is 19.6. The second-order valence-corrected chi connectivity index (χ2v) is 39.6. The third-order valence-corrected chi connectivity index (χ3v) is 17.3. The molecule has 2 aromatic rings. The van der Waals surface area contributed by atoms with Crippen molar-refractivity contribution in [2.24, 2.45) is 0 Å². The molecule has 0 atom stereocenters. The van der Waals surface area contributed by atoms with E-state index in [1.165, 1.54) is 0 Å². The molecule has 0 saturated heterocycles. The first-order valence-electron chi connectivity index (χ1n) is 11.2. The van der Waals surface area contributed by atoms with Gasteiger partial charge in [-0.25, -0.2) is 43.9 Å². The van der Waals surface area contributed by atoms with Crippen molar-refractivity contribution in [3.63, 3.8) is 0 Å². The van der Waals surface area contributed by atoms with Crippen LogP contribution in [-0.2, 0) is 6.42 Å². The van der Waals surface area contributed by atoms with Crippen LogP contribution in [0, 0.1) is 58.2 Å². The standard InChI is InChI=1S/C10H8Cl5F5Si2.C8H3F5.C2H5Cl5Si2.3CH4/c11-21(12,3-4-22(13,14)15)2-1-5-6(16)8(18)10(20)9(19)7(5)17;1-2-3-4(9)6(11)8(13)7(12)5(3)10;3-8(4)1-2-9(5,6)7;;;/h1-4H2;2H,1H2;8H,1-2H2;3*1H4. The molecule has 276 valence electrons. The summed E-state index contributed by atoms with van der Waals surface area (Å²) in [5, 5.41) is 0. The van der Waals surface area contributed by atoms with Crippen LogP contribution in [0.5, 0.6) is 0 Å². The molecule has 24 heteroatoms. The minimum atomic E-state index is -3.04. The number of benzene rings is 2. The monoisotopic (exact) mass is 956 g/mol. The molecular formula is C23H28Cl10F10Si4. The molecule has 0 saturated carbocycles. The Labute approximate surface area is 319 Å². The van der Waals surface area contributed by atoms with Crippen molar-refractivity contribution in [1.29, 1.82) is 0 Å². The van der Waals surface area contributed by atoms with Crippen LogP contribution < -0.4 is 0 Å². The van der Waals surface area contributed by atoms with Gasteiger partial charge < -0.3 is 0 Å². The van der Waals surface area contributed by atoms with E-state index >= 15 is 0 Å². The van der Waals surface area contributed by atoms with E-state index in [9.17, 15) is 43.9 Å². The lowest BCUT2D eigenvalue weighted by atomic mass is 10.1. The maximum atomic E-state index is 13.5. The molecule has 0 spiro atoms. The molecule has 0 unspecified atom stereocenters. The first-order chi connectivity index (χ1) is 19.8. The Bertz CT molecular complexity index is 1240. The molecule has 0 aromatic heterocycles. The molecule has 0 aliphatic rings. The molecule has 0 N–H and O–H groups in total. The topological polar surface area (TPSA) is 0 Å². The molecule has 0 aliphatic heterocycles. The van der Waals surface area contributed by atoms with Gasteiger partial charge in [-0.3, -0.25) is 0 Å². The summed E-state index contributed by atoms with van der Waals surface area (Å²) < 4.78 is 128. The smallest absolute Gasteiger partial charge is 0.203 e. The Morgan fingerprint density at radius 1 is 0.489 bits per heavy atom. The minimum Gasteiger partial charge on any atom is -0.203 e. The largest absolute Gasteiger partial charge is 0.341 e. The van der Waals surface area contributed by atoms with Crippen LogP contribution in [0.4, 0.5) is 43.9 Å². The van der Waals surface area contributed by atoms with E-state index in [0.29, 0.717) is 18.2 Å². The summed E-state index contributed by atoms with van der Waals surface area (Å²) in [5.41, 5.74) is -1.96. The Kier molecular flexibility index (Phi) is 27.8. The number of halogens is 20. The van der Waals surface area contributed by atoms with E-state index in [0.717, 1.165) is 0 Å². The van der Waals surface area contributed by atoms with Crippen LogP contribution in [-0.4, -0.2) is 26.1 Å². The van der Waals surface area contributed by atoms with Gasteiger partial charge in [0.05, 0.1) is 5.56 Å². The highest BCUT2D eigenvalue weighted by Gasteiger charge is 2.36. The van der Waals surface area contributed by atoms with Gasteiger partial charge in [-0.2, -0.15) is 22.2 Å². The van der Waals surface area contributed by atoms with Crippen molar-refractivity contribution in [2.75, 3.05) is 0 Å². The van der Waals surface area contributed by atoms with Gasteiger partial charge in [0, 0.05) is 5.56 Å². The average Bonchev–Trinajstić information content (AvgIpc) is 2.91. The van der Waals surface area contributed by atoms with Crippen molar-refractivity contribution >= 4 is 143 Å². The van der Waals surface area contributed by atoms with E-state index in [-0.39, 0.29) is 40.4 Å². The molecule has 2 aromatic carbocycles. The SMILES string of the molecule is C.C.C.C=Cc1c(F)c(F)c(F)c(F)c1F.Cl[SiH](Cl)CC[Si](Cl)(Cl)Cl.Fc1c(F)c(F)c(CC[Si](Cl)(Cl)CC[Si](Cl)(Cl)Cl)c(F)c1F. The van der Waals surface area contributed by atoms with E-state index in [2.05, 4.69) is 6.58 Å². The van der Waals surface area contributed by atoms with Crippen molar-refractivity contribution in [2.45, 2.75) is 58.9 Å². The maximum Gasteiger partial charge on any atom is 0.341 e. The number of hydrogen-bond donors (Lipinski definition) is 0. The van der Waals surface area contributed by atoms with Crippen molar-refractivity contribution in [1.82, 2.24) is 0 Å². The quantitative estimate of drug-likeness (QED) is 0.0732. The second kappa shape index (κ2) is 23.7. The van der Waals surface area contributed by atoms with E-state index < -0.39 is 102 Å². The highest BCUT2D eigenvalue weighted by atomic mass is 35.8. The Hall–Kier alpha value is 1.25. The minimum absolute atomic E-state index is 0. The zero-order chi connectivity index (χ0) is 35.0. The molecule has 0 radical (unpaired) electrons. The zero-order valence-corrected chi connectivity index (χ0v) is 32.9. The van der Waals surface area contributed by atoms with E-state index in [4.69, 9.17) is 111 Å². The Morgan fingerprint density at radius 3 is 1.09 bits per heavy atom. The maximum absolute atomic E-state index is 13.5. The van der Waals surface area contributed by atoms with Gasteiger partial charge >= 0.3 is 12.0 Å². The molecule has 0 amide bonds. The van der Waals surface area contributed by atoms with Crippen LogP contribution in [0.2, 0.25) is 30.2 Å². The average molecular weight is 961 g/mol. The van der Waals surface area contributed by atoms with Crippen LogP contribution in [0.1, 0.15) is 33.4 Å². The van der Waals surface area contributed by atoms with Gasteiger partial charge in [0.1, 0.15) is 0 Å². The summed E-state index contributed by atoms with van der Waals surface area (Å²) in [5.74, 6) is -19.8. The number of rotatable bonds is 10. The summed E-state index contributed by atoms with van der Waals surface area (Å²) in [7, 11) is -1.54. The van der Waals surface area contributed by atoms with Gasteiger partial charge in [-0.15, -0.1) is 88.6 Å². The van der Waals surface area contributed by atoms with Gasteiger partial charge in [0.2, 0.25) is 19.1 Å². The molecule has 0 fully saturated rings. The van der Waals surface area contributed by atoms with Gasteiger partial charge in [-0.05, 0) is 36.6 Å². The van der Waals surface area contributed by atoms with E-state index in [1.54, 1.807) is 0 Å². The van der Waals surface area contributed by atoms with Crippen molar-refractivity contribution < 1.29 is 43.9 Å². The molecule has 2 rings (SSSR count). The van der Waals surface area contributed by atoms with E-state index in [1.807, 2.05) is 0 Å². The highest BCUT2D eigenvalue weighted by Crippen LogP contribution is 2.37. The zero-order valence-electron chi connectivity index (χ0n) is 21.2. The molecular weight excluding hydrogens is 933 g/mol. The summed E-state index contributed by atoms with van der Waals surface area (Å²) in [6.07, 6.45) is 0.0721. The summed E-state index contributed by atoms with van der Waals surface area (Å²) in [4.78, 5) is 0. The van der Waals surface area contributed by atoms with Crippen LogP contribution in [0.3, 0.4) is 0 Å². The lowest BCUT2D eigenvalue weighted by molar-refractivity contribution is 0.370. The van der Waals surface area contributed by atoms with Crippen molar-refractivity contribution in [3.05, 3.63) is 75.9 Å². The molecule has 0 bridgehead atoms. The molecule has 0 aliphatic carbocycles. The lowest BCUT2D eigenvalue weighted by Gasteiger charge is -2.19. The van der Waals surface area contributed by atoms with Crippen LogP contribution >= 0.6 is 111 Å². The molecule has 0 heterocycles. The van der Waals surface area contributed by atoms with Crippen LogP contribution in [0.15, 0.2) is 6.58 Å². The normalized spacial score (nSPS) is 11.3. The molecule has 0 nitrogen and oxygen atoms in total. The summed E-state index contributed by atoms with van der Waals surface area (Å²) in [6.45, 7) is -0.108. The fraction of sp³-hybridized carbons (Fsp3) is 0.391. The Balaban J connectivity index is -0.000000317. The Morgan fingerprint density at radius 2 is 0.809 bits per heavy atom. The van der Waals surface area contributed by atoms with Crippen LogP contribution in [0.25, 0.3) is 6.08 Å². The fourth-order valence-corrected chi connectivity index (χ4v) is 18.1. The first kappa shape index (κ1) is 55.0.